The van der Waals surface area contributed by atoms with Crippen LogP contribution in [0, 0.1) is 40.9 Å². The monoisotopic (exact) mass is 300 g/mol. The molecule has 5 nitrogen and oxygen atoms in total. The van der Waals surface area contributed by atoms with Gasteiger partial charge in [0.1, 0.15) is 6.07 Å². The van der Waals surface area contributed by atoms with Gasteiger partial charge in [-0.3, -0.25) is 9.78 Å². The lowest BCUT2D eigenvalue weighted by Crippen LogP contribution is -2.11. The quantitative estimate of drug-likeness (QED) is 0.809. The predicted octanol–water partition coefficient (Wildman–Crippen LogP) is 3.26. The molecule has 0 aliphatic carbocycles. The second-order valence-electron chi connectivity index (χ2n) is 4.93. The van der Waals surface area contributed by atoms with E-state index in [4.69, 9.17) is 10.5 Å². The van der Waals surface area contributed by atoms with Gasteiger partial charge in [0.15, 0.2) is 11.7 Å². The van der Waals surface area contributed by atoms with Crippen LogP contribution in [0.5, 0.6) is 0 Å². The lowest BCUT2D eigenvalue weighted by Gasteiger charge is -2.15. The van der Waals surface area contributed by atoms with Crippen molar-refractivity contribution in [3.8, 4) is 29.3 Å². The summed E-state index contributed by atoms with van der Waals surface area (Å²) in [6, 6.07) is 14.7. The zero-order valence-electron chi connectivity index (χ0n) is 12.7. The highest BCUT2D eigenvalue weighted by Gasteiger charge is 2.25. The molecule has 0 saturated heterocycles. The fourth-order valence-corrected chi connectivity index (χ4v) is 2.52. The first-order chi connectivity index (χ1) is 11.0. The molecule has 0 bridgehead atoms. The number of rotatable bonds is 3. The van der Waals surface area contributed by atoms with Gasteiger partial charge < -0.3 is 0 Å². The van der Waals surface area contributed by atoms with Crippen molar-refractivity contribution in [2.75, 3.05) is 0 Å². The SMILES string of the molecule is CC(=O)c1c(C)nc(C(C#N)C#N)c(C#N)c1-c1ccccc1. The molecular weight excluding hydrogens is 288 g/mol. The van der Waals surface area contributed by atoms with Crippen LogP contribution in [-0.4, -0.2) is 10.8 Å². The van der Waals surface area contributed by atoms with Crippen LogP contribution in [0.4, 0.5) is 0 Å². The number of aromatic nitrogens is 1. The number of aryl methyl sites for hydroxylation is 1. The molecule has 23 heavy (non-hydrogen) atoms. The number of carbonyl (C=O) groups excluding carboxylic acids is 1. The second-order valence-corrected chi connectivity index (χ2v) is 4.93. The van der Waals surface area contributed by atoms with Crippen LogP contribution in [0.2, 0.25) is 0 Å². The van der Waals surface area contributed by atoms with Gasteiger partial charge in [-0.25, -0.2) is 0 Å². The largest absolute Gasteiger partial charge is 0.294 e. The Labute approximate surface area is 134 Å². The first kappa shape index (κ1) is 15.9. The van der Waals surface area contributed by atoms with E-state index in [0.717, 1.165) is 0 Å². The number of benzene rings is 1. The van der Waals surface area contributed by atoms with Crippen LogP contribution >= 0.6 is 0 Å². The molecule has 1 aromatic carbocycles. The molecule has 0 unspecified atom stereocenters. The molecule has 0 radical (unpaired) electrons. The average molecular weight is 300 g/mol. The number of nitrogens with zero attached hydrogens (tertiary/aromatic N) is 4. The number of ketones is 1. The Morgan fingerprint density at radius 1 is 1.13 bits per heavy atom. The fourth-order valence-electron chi connectivity index (χ4n) is 2.52. The maximum absolute atomic E-state index is 12.1. The van der Waals surface area contributed by atoms with E-state index in [1.54, 1.807) is 31.2 Å². The van der Waals surface area contributed by atoms with Crippen LogP contribution in [0.25, 0.3) is 11.1 Å². The van der Waals surface area contributed by atoms with Crippen molar-refractivity contribution >= 4 is 5.78 Å². The van der Waals surface area contributed by atoms with Crippen molar-refractivity contribution in [2.24, 2.45) is 0 Å². The van der Waals surface area contributed by atoms with Gasteiger partial charge in [-0.1, -0.05) is 30.3 Å². The molecule has 110 valence electrons. The number of pyridine rings is 1. The molecule has 0 aliphatic rings. The molecule has 0 N–H and O–H groups in total. The summed E-state index contributed by atoms with van der Waals surface area (Å²) in [4.78, 5) is 16.3. The van der Waals surface area contributed by atoms with E-state index in [-0.39, 0.29) is 17.0 Å². The van der Waals surface area contributed by atoms with Gasteiger partial charge in [-0.05, 0) is 19.4 Å². The van der Waals surface area contributed by atoms with Crippen LogP contribution < -0.4 is 0 Å². The minimum absolute atomic E-state index is 0.0962. The minimum atomic E-state index is -1.16. The molecule has 1 heterocycles. The maximum atomic E-state index is 12.1. The third-order valence-corrected chi connectivity index (χ3v) is 3.46. The van der Waals surface area contributed by atoms with Crippen molar-refractivity contribution in [3.63, 3.8) is 0 Å². The highest BCUT2D eigenvalue weighted by molar-refractivity contribution is 6.03. The molecular formula is C18H12N4O. The summed E-state index contributed by atoms with van der Waals surface area (Å²) in [6.07, 6.45) is 0. The number of Topliss-reactive ketones (excluding diaryl/α,β-unsaturated/α-hetero) is 1. The smallest absolute Gasteiger partial charge is 0.176 e. The van der Waals surface area contributed by atoms with E-state index in [0.29, 0.717) is 22.4 Å². The number of hydrogen-bond acceptors (Lipinski definition) is 5. The van der Waals surface area contributed by atoms with Gasteiger partial charge in [0.2, 0.25) is 0 Å². The predicted molar refractivity (Wildman–Crippen MR) is 83.1 cm³/mol. The van der Waals surface area contributed by atoms with Gasteiger partial charge in [0.05, 0.1) is 23.4 Å². The van der Waals surface area contributed by atoms with Crippen molar-refractivity contribution in [1.29, 1.82) is 15.8 Å². The summed E-state index contributed by atoms with van der Waals surface area (Å²) in [6.45, 7) is 3.04. The molecule has 0 saturated carbocycles. The lowest BCUT2D eigenvalue weighted by molar-refractivity contribution is 0.101. The summed E-state index contributed by atoms with van der Waals surface area (Å²) in [5, 5.41) is 27.9. The molecule has 0 spiro atoms. The third-order valence-electron chi connectivity index (χ3n) is 3.46. The normalized spacial score (nSPS) is 9.74. The van der Waals surface area contributed by atoms with Gasteiger partial charge in [-0.2, -0.15) is 15.8 Å². The Morgan fingerprint density at radius 3 is 2.22 bits per heavy atom. The zero-order valence-corrected chi connectivity index (χ0v) is 12.7. The first-order valence-corrected chi connectivity index (χ1v) is 6.85. The maximum Gasteiger partial charge on any atom is 0.176 e. The van der Waals surface area contributed by atoms with Crippen molar-refractivity contribution in [1.82, 2.24) is 4.98 Å². The summed E-state index contributed by atoms with van der Waals surface area (Å²) < 4.78 is 0. The van der Waals surface area contributed by atoms with Gasteiger partial charge in [0, 0.05) is 16.8 Å². The van der Waals surface area contributed by atoms with Crippen LogP contribution in [-0.2, 0) is 0 Å². The van der Waals surface area contributed by atoms with Crippen molar-refractivity contribution < 1.29 is 4.79 Å². The number of nitriles is 3. The standard InChI is InChI=1S/C18H12N4O/c1-11-16(12(2)23)17(13-6-4-3-5-7-13)15(10-21)18(22-11)14(8-19)9-20/h3-7,14H,1-2H3. The molecule has 0 amide bonds. The van der Waals surface area contributed by atoms with E-state index >= 15 is 0 Å². The molecule has 1 aromatic heterocycles. The zero-order chi connectivity index (χ0) is 17.0. The fraction of sp³-hybridized carbons (Fsp3) is 0.167. The lowest BCUT2D eigenvalue weighted by atomic mass is 9.88. The Morgan fingerprint density at radius 2 is 1.74 bits per heavy atom. The molecule has 0 aliphatic heterocycles. The number of hydrogen-bond donors (Lipinski definition) is 0. The molecule has 0 atom stereocenters. The summed E-state index contributed by atoms with van der Waals surface area (Å²) in [5.41, 5.74) is 2.04. The van der Waals surface area contributed by atoms with Crippen LogP contribution in [0.15, 0.2) is 30.3 Å². The van der Waals surface area contributed by atoms with Gasteiger partial charge in [-0.15, -0.1) is 0 Å². The topological polar surface area (TPSA) is 101 Å². The summed E-state index contributed by atoms with van der Waals surface area (Å²) in [7, 11) is 0. The molecule has 2 rings (SSSR count). The first-order valence-electron chi connectivity index (χ1n) is 6.85. The second kappa shape index (κ2) is 6.52. The number of carbonyl (C=O) groups is 1. The highest BCUT2D eigenvalue weighted by Crippen LogP contribution is 2.33. The van der Waals surface area contributed by atoms with E-state index in [2.05, 4.69) is 4.98 Å². The third kappa shape index (κ3) is 2.79. The average Bonchev–Trinajstić information content (AvgIpc) is 2.55. The summed E-state index contributed by atoms with van der Waals surface area (Å²) in [5.74, 6) is -1.38. The van der Waals surface area contributed by atoms with Gasteiger partial charge >= 0.3 is 0 Å². The Balaban J connectivity index is 2.97. The van der Waals surface area contributed by atoms with E-state index < -0.39 is 5.92 Å². The molecule has 2 aromatic rings. The molecule has 5 heteroatoms. The van der Waals surface area contributed by atoms with Crippen molar-refractivity contribution in [3.05, 3.63) is 52.8 Å². The Bertz CT molecular complexity index is 882. The van der Waals surface area contributed by atoms with E-state index in [1.807, 2.05) is 24.3 Å². The highest BCUT2D eigenvalue weighted by atomic mass is 16.1. The van der Waals surface area contributed by atoms with E-state index in [1.165, 1.54) is 6.92 Å². The Kier molecular flexibility index (Phi) is 4.50. The summed E-state index contributed by atoms with van der Waals surface area (Å²) >= 11 is 0. The van der Waals surface area contributed by atoms with Crippen LogP contribution in [0.3, 0.4) is 0 Å². The minimum Gasteiger partial charge on any atom is -0.294 e. The Hall–Kier alpha value is -3.49. The van der Waals surface area contributed by atoms with Gasteiger partial charge in [0.25, 0.3) is 0 Å². The van der Waals surface area contributed by atoms with E-state index in [9.17, 15) is 10.1 Å². The van der Waals surface area contributed by atoms with Crippen molar-refractivity contribution in [2.45, 2.75) is 19.8 Å². The van der Waals surface area contributed by atoms with Crippen LogP contribution in [0.1, 0.15) is 40.2 Å². The molecule has 0 fully saturated rings.